The van der Waals surface area contributed by atoms with Crippen LogP contribution < -0.4 is 0 Å². The largest absolute Gasteiger partial charge is 0.440 e. The second-order valence-corrected chi connectivity index (χ2v) is 3.13. The molecule has 0 amide bonds. The molecular formula is C9H10N2O2. The summed E-state index contributed by atoms with van der Waals surface area (Å²) in [6, 6.07) is 0. The second-order valence-electron chi connectivity index (χ2n) is 3.13. The van der Waals surface area contributed by atoms with Gasteiger partial charge in [0.2, 0.25) is 0 Å². The number of hydrogen-bond acceptors (Lipinski definition) is 4. The minimum atomic E-state index is 0.300. The Labute approximate surface area is 75.6 Å². The van der Waals surface area contributed by atoms with Crippen molar-refractivity contribution in [3.63, 3.8) is 0 Å². The van der Waals surface area contributed by atoms with Crippen molar-refractivity contribution in [2.24, 2.45) is 0 Å². The molecule has 2 rings (SSSR count). The van der Waals surface area contributed by atoms with Crippen LogP contribution in [0, 0.1) is 0 Å². The summed E-state index contributed by atoms with van der Waals surface area (Å²) in [4.78, 5) is 4.14. The highest BCUT2D eigenvalue weighted by molar-refractivity contribution is 5.52. The quantitative estimate of drug-likeness (QED) is 0.708. The molecule has 0 saturated carbocycles. The van der Waals surface area contributed by atoms with Crippen LogP contribution in [0.1, 0.15) is 25.7 Å². The van der Waals surface area contributed by atoms with Crippen LogP contribution in [0.25, 0.3) is 11.3 Å². The molecule has 0 atom stereocenters. The van der Waals surface area contributed by atoms with Gasteiger partial charge in [-0.3, -0.25) is 0 Å². The first kappa shape index (κ1) is 8.04. The Kier molecular flexibility index (Phi) is 1.88. The van der Waals surface area contributed by atoms with Crippen LogP contribution in [0.4, 0.5) is 0 Å². The van der Waals surface area contributed by atoms with E-state index in [1.165, 1.54) is 6.26 Å². The Morgan fingerprint density at radius 1 is 1.31 bits per heavy atom. The molecule has 0 aliphatic heterocycles. The third kappa shape index (κ3) is 1.47. The SMILES string of the molecule is CC(C)c1ncc(-c2cnoc2)o1. The molecule has 0 aliphatic carbocycles. The van der Waals surface area contributed by atoms with Crippen LogP contribution in [0.2, 0.25) is 0 Å². The molecule has 2 aromatic heterocycles. The van der Waals surface area contributed by atoms with E-state index in [-0.39, 0.29) is 0 Å². The minimum Gasteiger partial charge on any atom is -0.440 e. The van der Waals surface area contributed by atoms with E-state index < -0.39 is 0 Å². The van der Waals surface area contributed by atoms with Gasteiger partial charge in [0, 0.05) is 5.92 Å². The van der Waals surface area contributed by atoms with E-state index in [1.54, 1.807) is 12.4 Å². The van der Waals surface area contributed by atoms with Crippen molar-refractivity contribution in [1.29, 1.82) is 0 Å². The molecule has 0 fully saturated rings. The van der Waals surface area contributed by atoms with Gasteiger partial charge in [-0.15, -0.1) is 0 Å². The highest BCUT2D eigenvalue weighted by Crippen LogP contribution is 2.22. The van der Waals surface area contributed by atoms with E-state index in [0.717, 1.165) is 11.5 Å². The predicted octanol–water partition coefficient (Wildman–Crippen LogP) is 2.45. The fourth-order valence-corrected chi connectivity index (χ4v) is 1.01. The van der Waals surface area contributed by atoms with E-state index in [2.05, 4.69) is 10.1 Å². The van der Waals surface area contributed by atoms with Crippen LogP contribution in [0.15, 0.2) is 27.6 Å². The zero-order valence-electron chi connectivity index (χ0n) is 7.52. The second kappa shape index (κ2) is 3.05. The van der Waals surface area contributed by atoms with Crippen molar-refractivity contribution in [2.45, 2.75) is 19.8 Å². The van der Waals surface area contributed by atoms with Crippen molar-refractivity contribution >= 4 is 0 Å². The molecule has 0 bridgehead atoms. The lowest BCUT2D eigenvalue weighted by Crippen LogP contribution is -1.84. The van der Waals surface area contributed by atoms with Gasteiger partial charge in [0.05, 0.1) is 18.0 Å². The molecule has 13 heavy (non-hydrogen) atoms. The Morgan fingerprint density at radius 2 is 2.15 bits per heavy atom. The molecule has 4 nitrogen and oxygen atoms in total. The molecule has 68 valence electrons. The summed E-state index contributed by atoms with van der Waals surface area (Å²) in [5.74, 6) is 1.73. The summed E-state index contributed by atoms with van der Waals surface area (Å²) >= 11 is 0. The van der Waals surface area contributed by atoms with Gasteiger partial charge >= 0.3 is 0 Å². The van der Waals surface area contributed by atoms with Gasteiger partial charge in [0.15, 0.2) is 11.7 Å². The third-order valence-electron chi connectivity index (χ3n) is 1.73. The van der Waals surface area contributed by atoms with Crippen molar-refractivity contribution in [2.75, 3.05) is 0 Å². The average molecular weight is 178 g/mol. The number of aromatic nitrogens is 2. The lowest BCUT2D eigenvalue weighted by atomic mass is 10.2. The van der Waals surface area contributed by atoms with Crippen molar-refractivity contribution in [3.8, 4) is 11.3 Å². The zero-order valence-corrected chi connectivity index (χ0v) is 7.52. The summed E-state index contributed by atoms with van der Waals surface area (Å²) in [5, 5.41) is 3.59. The number of nitrogens with zero attached hydrogens (tertiary/aromatic N) is 2. The van der Waals surface area contributed by atoms with Gasteiger partial charge in [-0.1, -0.05) is 19.0 Å². The van der Waals surface area contributed by atoms with Gasteiger partial charge < -0.3 is 8.94 Å². The van der Waals surface area contributed by atoms with Crippen LogP contribution in [0.5, 0.6) is 0 Å². The van der Waals surface area contributed by atoms with Gasteiger partial charge in [0.25, 0.3) is 0 Å². The van der Waals surface area contributed by atoms with Gasteiger partial charge in [-0.25, -0.2) is 4.98 Å². The van der Waals surface area contributed by atoms with E-state index in [1.807, 2.05) is 13.8 Å². The summed E-state index contributed by atoms with van der Waals surface area (Å²) in [6.07, 6.45) is 4.82. The van der Waals surface area contributed by atoms with E-state index >= 15 is 0 Å². The van der Waals surface area contributed by atoms with E-state index in [4.69, 9.17) is 8.94 Å². The molecule has 0 aliphatic rings. The fraction of sp³-hybridized carbons (Fsp3) is 0.333. The summed E-state index contributed by atoms with van der Waals surface area (Å²) in [6.45, 7) is 4.06. The van der Waals surface area contributed by atoms with Crippen LogP contribution in [-0.4, -0.2) is 10.1 Å². The molecule has 0 unspecified atom stereocenters. The lowest BCUT2D eigenvalue weighted by Gasteiger charge is -1.94. The maximum Gasteiger partial charge on any atom is 0.197 e. The molecule has 0 spiro atoms. The maximum absolute atomic E-state index is 5.48. The monoisotopic (exact) mass is 178 g/mol. The molecule has 0 aromatic carbocycles. The normalized spacial score (nSPS) is 11.0. The zero-order chi connectivity index (χ0) is 9.26. The molecule has 0 N–H and O–H groups in total. The first-order valence-corrected chi connectivity index (χ1v) is 4.13. The molecular weight excluding hydrogens is 168 g/mol. The lowest BCUT2D eigenvalue weighted by molar-refractivity contribution is 0.419. The Hall–Kier alpha value is -1.58. The average Bonchev–Trinajstić information content (AvgIpc) is 2.75. The highest BCUT2D eigenvalue weighted by Gasteiger charge is 2.10. The topological polar surface area (TPSA) is 52.1 Å². The smallest absolute Gasteiger partial charge is 0.197 e. The highest BCUT2D eigenvalue weighted by atomic mass is 16.5. The van der Waals surface area contributed by atoms with Crippen LogP contribution in [-0.2, 0) is 0 Å². The van der Waals surface area contributed by atoms with Crippen LogP contribution in [0.3, 0.4) is 0 Å². The Morgan fingerprint density at radius 3 is 2.69 bits per heavy atom. The number of hydrogen-bond donors (Lipinski definition) is 0. The van der Waals surface area contributed by atoms with E-state index in [0.29, 0.717) is 11.7 Å². The summed E-state index contributed by atoms with van der Waals surface area (Å²) < 4.78 is 10.2. The molecule has 2 heterocycles. The first-order valence-electron chi connectivity index (χ1n) is 4.13. The molecule has 2 aromatic rings. The third-order valence-corrected chi connectivity index (χ3v) is 1.73. The first-order chi connectivity index (χ1) is 6.27. The van der Waals surface area contributed by atoms with Crippen molar-refractivity contribution in [3.05, 3.63) is 24.5 Å². The Bertz CT molecular complexity index is 376. The van der Waals surface area contributed by atoms with Crippen molar-refractivity contribution < 1.29 is 8.94 Å². The van der Waals surface area contributed by atoms with Gasteiger partial charge in [0.1, 0.15) is 6.26 Å². The maximum atomic E-state index is 5.48. The molecule has 0 saturated heterocycles. The van der Waals surface area contributed by atoms with Gasteiger partial charge in [-0.05, 0) is 0 Å². The van der Waals surface area contributed by atoms with Crippen LogP contribution >= 0.6 is 0 Å². The van der Waals surface area contributed by atoms with Crippen molar-refractivity contribution in [1.82, 2.24) is 10.1 Å². The summed E-state index contributed by atoms with van der Waals surface area (Å²) in [7, 11) is 0. The Balaban J connectivity index is 2.33. The standard InChI is InChI=1S/C9H10N2O2/c1-6(2)9-10-4-8(13-9)7-3-11-12-5-7/h3-6H,1-2H3. The molecule has 4 heteroatoms. The predicted molar refractivity (Wildman–Crippen MR) is 46.1 cm³/mol. The fourth-order valence-electron chi connectivity index (χ4n) is 1.01. The van der Waals surface area contributed by atoms with E-state index in [9.17, 15) is 0 Å². The number of rotatable bonds is 2. The number of oxazole rings is 1. The minimum absolute atomic E-state index is 0.300. The van der Waals surface area contributed by atoms with Gasteiger partial charge in [-0.2, -0.15) is 0 Å². The summed E-state index contributed by atoms with van der Waals surface area (Å²) in [5.41, 5.74) is 0.819. The molecule has 0 radical (unpaired) electrons.